The first-order chi connectivity index (χ1) is 10.6. The lowest BCUT2D eigenvalue weighted by Crippen LogP contribution is -2.03. The number of hydrogen-bond acceptors (Lipinski definition) is 3. The van der Waals surface area contributed by atoms with Crippen LogP contribution < -0.4 is 14.8 Å². The summed E-state index contributed by atoms with van der Waals surface area (Å²) in [6, 6.07) is 12.4. The van der Waals surface area contributed by atoms with Crippen LogP contribution in [0.5, 0.6) is 11.5 Å². The molecule has 2 rings (SSSR count). The first-order valence-corrected chi connectivity index (χ1v) is 8.12. The quantitative estimate of drug-likeness (QED) is 0.527. The summed E-state index contributed by atoms with van der Waals surface area (Å²) >= 11 is 2.27. The summed E-state index contributed by atoms with van der Waals surface area (Å²) in [5.74, 6) is 1.51. The molecule has 0 aliphatic heterocycles. The maximum Gasteiger partial charge on any atom is 0.174 e. The Balaban J connectivity index is 2.14. The second kappa shape index (κ2) is 8.08. The molecule has 22 heavy (non-hydrogen) atoms. The smallest absolute Gasteiger partial charge is 0.174 e. The van der Waals surface area contributed by atoms with Crippen LogP contribution in [0.25, 0.3) is 0 Å². The number of benzene rings is 2. The van der Waals surface area contributed by atoms with Crippen LogP contribution in [-0.2, 0) is 6.54 Å². The van der Waals surface area contributed by atoms with Crippen LogP contribution in [0, 0.1) is 10.5 Å². The van der Waals surface area contributed by atoms with Crippen LogP contribution in [0.2, 0.25) is 0 Å². The van der Waals surface area contributed by atoms with Crippen LogP contribution in [-0.4, -0.2) is 13.7 Å². The average molecular weight is 409 g/mol. The molecule has 116 valence electrons. The molecule has 0 amide bonds. The molecule has 2 aromatic rings. The molecule has 0 spiro atoms. The lowest BCUT2D eigenvalue weighted by molar-refractivity contribution is 0.324. The lowest BCUT2D eigenvalue weighted by atomic mass is 10.2. The van der Waals surface area contributed by atoms with Crippen molar-refractivity contribution in [3.8, 4) is 11.5 Å². The van der Waals surface area contributed by atoms with Crippen molar-refractivity contribution in [3.05, 3.63) is 63.8 Å². The number of methoxy groups -OCH3 is 1. The SMILES string of the molecule is C=CCOc1c(I)cc(CNc2cccc(C)c2)cc1OC. The number of rotatable bonds is 7. The first kappa shape index (κ1) is 16.7. The fraction of sp³-hybridized carbons (Fsp3) is 0.222. The van der Waals surface area contributed by atoms with E-state index < -0.39 is 0 Å². The van der Waals surface area contributed by atoms with Crippen molar-refractivity contribution in [2.75, 3.05) is 19.0 Å². The fourth-order valence-corrected chi connectivity index (χ4v) is 2.94. The third-order valence-corrected chi connectivity index (χ3v) is 3.95. The Kier molecular flexibility index (Phi) is 6.12. The van der Waals surface area contributed by atoms with Gasteiger partial charge >= 0.3 is 0 Å². The zero-order chi connectivity index (χ0) is 15.9. The van der Waals surface area contributed by atoms with E-state index in [4.69, 9.17) is 9.47 Å². The highest BCUT2D eigenvalue weighted by Gasteiger charge is 2.11. The number of halogens is 1. The van der Waals surface area contributed by atoms with Gasteiger partial charge in [0.1, 0.15) is 6.61 Å². The summed E-state index contributed by atoms with van der Waals surface area (Å²) in [7, 11) is 1.66. The molecule has 0 aliphatic rings. The molecule has 0 unspecified atom stereocenters. The van der Waals surface area contributed by atoms with Crippen molar-refractivity contribution in [1.29, 1.82) is 0 Å². The topological polar surface area (TPSA) is 30.5 Å². The van der Waals surface area contributed by atoms with E-state index >= 15 is 0 Å². The highest BCUT2D eigenvalue weighted by Crippen LogP contribution is 2.34. The molecular weight excluding hydrogens is 389 g/mol. The molecule has 2 aromatic carbocycles. The normalized spacial score (nSPS) is 10.1. The fourth-order valence-electron chi connectivity index (χ4n) is 2.12. The molecule has 1 N–H and O–H groups in total. The zero-order valence-corrected chi connectivity index (χ0v) is 15.0. The van der Waals surface area contributed by atoms with Crippen molar-refractivity contribution >= 4 is 28.3 Å². The van der Waals surface area contributed by atoms with Gasteiger partial charge in [-0.25, -0.2) is 0 Å². The predicted octanol–water partition coefficient (Wildman–Crippen LogP) is 4.79. The van der Waals surface area contributed by atoms with Gasteiger partial charge in [-0.1, -0.05) is 24.8 Å². The van der Waals surface area contributed by atoms with E-state index in [0.29, 0.717) is 6.61 Å². The molecule has 0 bridgehead atoms. The van der Waals surface area contributed by atoms with Crippen LogP contribution in [0.15, 0.2) is 49.1 Å². The Morgan fingerprint density at radius 3 is 2.77 bits per heavy atom. The first-order valence-electron chi connectivity index (χ1n) is 7.04. The van der Waals surface area contributed by atoms with Gasteiger partial charge in [0, 0.05) is 12.2 Å². The molecule has 0 fully saturated rings. The Labute approximate surface area is 145 Å². The van der Waals surface area contributed by atoms with E-state index in [2.05, 4.69) is 65.7 Å². The van der Waals surface area contributed by atoms with Gasteiger partial charge in [0.05, 0.1) is 10.7 Å². The molecule has 3 nitrogen and oxygen atoms in total. The third-order valence-electron chi connectivity index (χ3n) is 3.15. The molecule has 0 saturated carbocycles. The summed E-state index contributed by atoms with van der Waals surface area (Å²) in [5.41, 5.74) is 3.50. The summed E-state index contributed by atoms with van der Waals surface area (Å²) in [6.45, 7) is 6.96. The largest absolute Gasteiger partial charge is 0.493 e. The highest BCUT2D eigenvalue weighted by atomic mass is 127. The standard InChI is InChI=1S/C18H20INO2/c1-4-8-22-18-16(19)10-14(11-17(18)21-3)12-20-15-7-5-6-13(2)9-15/h4-7,9-11,20H,1,8,12H2,2-3H3. The summed E-state index contributed by atoms with van der Waals surface area (Å²) < 4.78 is 12.1. The lowest BCUT2D eigenvalue weighted by Gasteiger charge is -2.14. The molecule has 0 radical (unpaired) electrons. The number of aryl methyl sites for hydroxylation is 1. The molecule has 0 saturated heterocycles. The Morgan fingerprint density at radius 1 is 1.27 bits per heavy atom. The van der Waals surface area contributed by atoms with Crippen molar-refractivity contribution in [1.82, 2.24) is 0 Å². The second-order valence-electron chi connectivity index (χ2n) is 4.93. The maximum absolute atomic E-state index is 5.67. The third kappa shape index (κ3) is 4.40. The number of nitrogens with one attached hydrogen (secondary N) is 1. The van der Waals surface area contributed by atoms with Gasteiger partial charge in [0.25, 0.3) is 0 Å². The minimum Gasteiger partial charge on any atom is -0.493 e. The highest BCUT2D eigenvalue weighted by molar-refractivity contribution is 14.1. The molecule has 0 aliphatic carbocycles. The Hall–Kier alpha value is -1.69. The van der Waals surface area contributed by atoms with Crippen LogP contribution in [0.3, 0.4) is 0 Å². The zero-order valence-electron chi connectivity index (χ0n) is 12.9. The van der Waals surface area contributed by atoms with E-state index in [1.807, 2.05) is 12.1 Å². The van der Waals surface area contributed by atoms with Crippen LogP contribution in [0.4, 0.5) is 5.69 Å². The maximum atomic E-state index is 5.67. The van der Waals surface area contributed by atoms with Gasteiger partial charge in [-0.05, 0) is 64.9 Å². The second-order valence-corrected chi connectivity index (χ2v) is 6.09. The molecular formula is C18H20INO2. The van der Waals surface area contributed by atoms with Crippen LogP contribution in [0.1, 0.15) is 11.1 Å². The average Bonchev–Trinajstić information content (AvgIpc) is 2.51. The monoisotopic (exact) mass is 409 g/mol. The summed E-state index contributed by atoms with van der Waals surface area (Å²) in [5, 5.41) is 3.43. The van der Waals surface area contributed by atoms with Gasteiger partial charge < -0.3 is 14.8 Å². The predicted molar refractivity (Wildman–Crippen MR) is 99.9 cm³/mol. The van der Waals surface area contributed by atoms with Crippen molar-refractivity contribution in [2.45, 2.75) is 13.5 Å². The van der Waals surface area contributed by atoms with Gasteiger partial charge in [0.2, 0.25) is 0 Å². The molecule has 0 heterocycles. The van der Waals surface area contributed by atoms with E-state index in [-0.39, 0.29) is 0 Å². The minimum absolute atomic E-state index is 0.466. The molecule has 0 aromatic heterocycles. The van der Waals surface area contributed by atoms with Gasteiger partial charge in [-0.2, -0.15) is 0 Å². The summed E-state index contributed by atoms with van der Waals surface area (Å²) in [6.07, 6.45) is 1.72. The van der Waals surface area contributed by atoms with Gasteiger partial charge in [-0.3, -0.25) is 0 Å². The van der Waals surface area contributed by atoms with Gasteiger partial charge in [0.15, 0.2) is 11.5 Å². The van der Waals surface area contributed by atoms with Crippen molar-refractivity contribution in [2.24, 2.45) is 0 Å². The Bertz CT molecular complexity index is 656. The van der Waals surface area contributed by atoms with Crippen LogP contribution >= 0.6 is 22.6 Å². The molecule has 4 heteroatoms. The van der Waals surface area contributed by atoms with Crippen molar-refractivity contribution in [3.63, 3.8) is 0 Å². The van der Waals surface area contributed by atoms with E-state index in [1.165, 1.54) is 5.56 Å². The van der Waals surface area contributed by atoms with E-state index in [0.717, 1.165) is 32.9 Å². The number of hydrogen-bond donors (Lipinski definition) is 1. The number of anilines is 1. The number of ether oxygens (including phenoxy) is 2. The van der Waals surface area contributed by atoms with Gasteiger partial charge in [-0.15, -0.1) is 0 Å². The minimum atomic E-state index is 0.466. The van der Waals surface area contributed by atoms with E-state index in [9.17, 15) is 0 Å². The molecule has 0 atom stereocenters. The van der Waals surface area contributed by atoms with Crippen molar-refractivity contribution < 1.29 is 9.47 Å². The Morgan fingerprint density at radius 2 is 2.09 bits per heavy atom. The summed E-state index contributed by atoms with van der Waals surface area (Å²) in [4.78, 5) is 0. The van der Waals surface area contributed by atoms with E-state index in [1.54, 1.807) is 13.2 Å².